The first-order valence-electron chi connectivity index (χ1n) is 9.23. The monoisotopic (exact) mass is 483 g/mol. The van der Waals surface area contributed by atoms with Gasteiger partial charge in [0.1, 0.15) is 12.9 Å². The Kier molecular flexibility index (Phi) is 6.02. The number of aromatic nitrogens is 7. The number of rotatable bonds is 6. The number of hydrogen-bond acceptors (Lipinski definition) is 5. The van der Waals surface area contributed by atoms with Crippen molar-refractivity contribution in [2.45, 2.75) is 25.7 Å². The zero-order valence-corrected chi connectivity index (χ0v) is 17.7. The largest absolute Gasteiger partial charge is 0.390 e. The fraction of sp³-hybridized carbons (Fsp3) is 0.211. The van der Waals surface area contributed by atoms with Crippen molar-refractivity contribution in [1.82, 2.24) is 34.1 Å². The van der Waals surface area contributed by atoms with E-state index in [1.807, 2.05) is 0 Å². The molecule has 4 rings (SSSR count). The van der Waals surface area contributed by atoms with Crippen molar-refractivity contribution >= 4 is 23.2 Å². The topological polar surface area (TPSA) is 83.4 Å². The van der Waals surface area contributed by atoms with Crippen LogP contribution in [-0.2, 0) is 13.1 Å². The molecule has 13 heteroatoms. The summed E-state index contributed by atoms with van der Waals surface area (Å²) in [5.74, 6) is 0.637. The Morgan fingerprint density at radius 2 is 1.75 bits per heavy atom. The molecule has 32 heavy (non-hydrogen) atoms. The van der Waals surface area contributed by atoms with Crippen LogP contribution in [0, 0.1) is 0 Å². The predicted molar refractivity (Wildman–Crippen MR) is 111 cm³/mol. The molecule has 0 fully saturated rings. The summed E-state index contributed by atoms with van der Waals surface area (Å²) >= 11 is 12.0. The van der Waals surface area contributed by atoms with Crippen LogP contribution in [0.1, 0.15) is 12.2 Å². The van der Waals surface area contributed by atoms with Gasteiger partial charge in [-0.2, -0.15) is 13.2 Å². The van der Waals surface area contributed by atoms with Crippen molar-refractivity contribution in [2.24, 2.45) is 0 Å². The zero-order chi connectivity index (χ0) is 22.9. The first-order valence-corrected chi connectivity index (χ1v) is 9.98. The lowest BCUT2D eigenvalue weighted by Gasteiger charge is -2.08. The molecule has 1 aromatic carbocycles. The molecule has 0 aliphatic carbocycles. The quantitative estimate of drug-likeness (QED) is 0.413. The second-order valence-corrected chi connectivity index (χ2v) is 7.55. The second kappa shape index (κ2) is 8.75. The summed E-state index contributed by atoms with van der Waals surface area (Å²) in [5, 5.41) is 9.26. The van der Waals surface area contributed by atoms with Gasteiger partial charge in [0.2, 0.25) is 0 Å². The van der Waals surface area contributed by atoms with Gasteiger partial charge in [0.25, 0.3) is 0 Å². The van der Waals surface area contributed by atoms with Crippen molar-refractivity contribution in [3.63, 3.8) is 0 Å². The maximum Gasteiger partial charge on any atom is 0.390 e. The fourth-order valence-corrected chi connectivity index (χ4v) is 3.28. The van der Waals surface area contributed by atoms with Crippen LogP contribution in [0.2, 0.25) is 10.0 Å². The number of alkyl halides is 3. The molecule has 0 atom stereocenters. The molecule has 0 aliphatic rings. The summed E-state index contributed by atoms with van der Waals surface area (Å²) in [7, 11) is 0. The Bertz CT molecular complexity index is 1300. The molecule has 0 bridgehead atoms. The van der Waals surface area contributed by atoms with Crippen LogP contribution in [-0.4, -0.2) is 40.3 Å². The zero-order valence-electron chi connectivity index (χ0n) is 16.2. The van der Waals surface area contributed by atoms with E-state index in [-0.39, 0.29) is 18.2 Å². The highest BCUT2D eigenvalue weighted by molar-refractivity contribution is 6.32. The Labute approximate surface area is 188 Å². The van der Waals surface area contributed by atoms with Gasteiger partial charge in [-0.25, -0.2) is 24.1 Å². The molecule has 0 saturated carbocycles. The van der Waals surface area contributed by atoms with E-state index < -0.39 is 24.8 Å². The lowest BCUT2D eigenvalue weighted by Crippen LogP contribution is -2.27. The average molecular weight is 484 g/mol. The molecule has 0 amide bonds. The highest BCUT2D eigenvalue weighted by atomic mass is 35.5. The number of halogens is 5. The molecule has 3 heterocycles. The van der Waals surface area contributed by atoms with Crippen LogP contribution >= 0.6 is 23.2 Å². The Hall–Kier alpha value is -3.18. The van der Waals surface area contributed by atoms with Crippen molar-refractivity contribution in [1.29, 1.82) is 0 Å². The maximum absolute atomic E-state index is 12.9. The van der Waals surface area contributed by atoms with Crippen LogP contribution in [0.5, 0.6) is 0 Å². The average Bonchev–Trinajstić information content (AvgIpc) is 3.32. The van der Waals surface area contributed by atoms with Crippen LogP contribution < -0.4 is 5.69 Å². The van der Waals surface area contributed by atoms with Crippen LogP contribution in [0.3, 0.4) is 0 Å². The number of hydrogen-bond donors (Lipinski definition) is 0. The molecule has 0 unspecified atom stereocenters. The molecule has 0 saturated heterocycles. The molecule has 0 spiro atoms. The highest BCUT2D eigenvalue weighted by Crippen LogP contribution is 2.23. The normalized spacial score (nSPS) is 11.8. The van der Waals surface area contributed by atoms with Gasteiger partial charge in [0.15, 0.2) is 17.5 Å². The Balaban J connectivity index is 1.68. The highest BCUT2D eigenvalue weighted by Gasteiger charge is 2.28. The van der Waals surface area contributed by atoms with E-state index in [4.69, 9.17) is 23.2 Å². The Morgan fingerprint density at radius 1 is 1.00 bits per heavy atom. The van der Waals surface area contributed by atoms with Gasteiger partial charge >= 0.3 is 11.9 Å². The number of nitrogens with zero attached hydrogens (tertiary/aromatic N) is 7. The minimum Gasteiger partial charge on any atom is -0.275 e. The van der Waals surface area contributed by atoms with Crippen LogP contribution in [0.15, 0.2) is 53.7 Å². The predicted octanol–water partition coefficient (Wildman–Crippen LogP) is 4.00. The van der Waals surface area contributed by atoms with Gasteiger partial charge in [-0.1, -0.05) is 23.2 Å². The SMILES string of the molecule is O=c1n(Cc2ncn(-c3ncccc3Cl)n2)nc(-c2ccc(Cl)cc2)n1CCC(F)(F)F. The minimum atomic E-state index is -4.43. The molecule has 8 nitrogen and oxygen atoms in total. The van der Waals surface area contributed by atoms with Crippen molar-refractivity contribution in [3.8, 4) is 17.2 Å². The molecule has 4 aromatic rings. The first-order chi connectivity index (χ1) is 15.2. The molecular weight excluding hydrogens is 470 g/mol. The van der Waals surface area contributed by atoms with Gasteiger partial charge in [-0.15, -0.1) is 10.2 Å². The molecular formula is C19H14Cl2F3N7O. The van der Waals surface area contributed by atoms with E-state index in [2.05, 4.69) is 20.2 Å². The minimum absolute atomic E-state index is 0.0862. The molecule has 0 radical (unpaired) electrons. The molecule has 0 N–H and O–H groups in total. The summed E-state index contributed by atoms with van der Waals surface area (Å²) in [6.07, 6.45) is -2.70. The van der Waals surface area contributed by atoms with E-state index in [1.165, 1.54) is 17.2 Å². The van der Waals surface area contributed by atoms with Gasteiger partial charge in [-0.3, -0.25) is 4.57 Å². The van der Waals surface area contributed by atoms with Gasteiger partial charge in [0.05, 0.1) is 11.4 Å². The number of benzene rings is 1. The lowest BCUT2D eigenvalue weighted by molar-refractivity contribution is -0.136. The Morgan fingerprint density at radius 3 is 2.44 bits per heavy atom. The summed E-state index contributed by atoms with van der Waals surface area (Å²) in [6, 6.07) is 9.58. The second-order valence-electron chi connectivity index (χ2n) is 6.70. The van der Waals surface area contributed by atoms with E-state index in [9.17, 15) is 18.0 Å². The first kappa shape index (κ1) is 22.0. The number of pyridine rings is 1. The molecule has 166 valence electrons. The fourth-order valence-electron chi connectivity index (χ4n) is 2.95. The van der Waals surface area contributed by atoms with Gasteiger partial charge in [-0.05, 0) is 36.4 Å². The van der Waals surface area contributed by atoms with Crippen LogP contribution in [0.25, 0.3) is 17.2 Å². The third kappa shape index (κ3) is 4.83. The standard InChI is InChI=1S/C19H14Cl2F3N7O/c20-13-5-3-12(4-6-13)16-28-30(18(32)29(16)9-7-19(22,23)24)10-15-26-11-31(27-15)17-14(21)2-1-8-25-17/h1-6,8,11H,7,9-10H2. The third-order valence-corrected chi connectivity index (χ3v) is 4.98. The van der Waals surface area contributed by atoms with Gasteiger partial charge < -0.3 is 0 Å². The molecule has 0 aliphatic heterocycles. The summed E-state index contributed by atoms with van der Waals surface area (Å²) < 4.78 is 41.8. The van der Waals surface area contributed by atoms with Crippen molar-refractivity contribution < 1.29 is 13.2 Å². The summed E-state index contributed by atoms with van der Waals surface area (Å²) in [4.78, 5) is 21.1. The van der Waals surface area contributed by atoms with E-state index in [0.717, 1.165) is 9.25 Å². The third-order valence-electron chi connectivity index (χ3n) is 4.43. The summed E-state index contributed by atoms with van der Waals surface area (Å²) in [5.41, 5.74) is -0.266. The lowest BCUT2D eigenvalue weighted by atomic mass is 10.2. The van der Waals surface area contributed by atoms with Crippen molar-refractivity contribution in [3.05, 3.63) is 75.3 Å². The van der Waals surface area contributed by atoms with E-state index >= 15 is 0 Å². The smallest absolute Gasteiger partial charge is 0.275 e. The summed E-state index contributed by atoms with van der Waals surface area (Å²) in [6.45, 7) is -0.735. The van der Waals surface area contributed by atoms with Crippen molar-refractivity contribution in [2.75, 3.05) is 0 Å². The molecule has 3 aromatic heterocycles. The maximum atomic E-state index is 12.9. The van der Waals surface area contributed by atoms with Gasteiger partial charge in [0, 0.05) is 23.3 Å². The van der Waals surface area contributed by atoms with E-state index in [0.29, 0.717) is 21.4 Å². The van der Waals surface area contributed by atoms with E-state index in [1.54, 1.807) is 36.4 Å². The van der Waals surface area contributed by atoms with Crippen LogP contribution in [0.4, 0.5) is 13.2 Å².